The highest BCUT2D eigenvalue weighted by Gasteiger charge is 2.64. The van der Waals surface area contributed by atoms with E-state index in [1.807, 2.05) is 12.1 Å². The van der Waals surface area contributed by atoms with E-state index in [0.29, 0.717) is 22.8 Å². The van der Waals surface area contributed by atoms with Crippen LogP contribution in [-0.2, 0) is 26.2 Å². The van der Waals surface area contributed by atoms with Crippen LogP contribution >= 0.6 is 11.6 Å². The number of alkyl halides is 3. The number of carboxylic acid groups (broad SMARTS) is 1. The van der Waals surface area contributed by atoms with E-state index < -0.39 is 17.6 Å². The van der Waals surface area contributed by atoms with E-state index in [1.54, 1.807) is 23.2 Å². The number of pyridine rings is 1. The number of rotatable bonds is 4. The number of anilines is 2. The van der Waals surface area contributed by atoms with Crippen LogP contribution in [0.4, 0.5) is 29.3 Å². The van der Waals surface area contributed by atoms with Crippen LogP contribution in [0.25, 0.3) is 0 Å². The van der Waals surface area contributed by atoms with Crippen LogP contribution in [0.3, 0.4) is 0 Å². The number of hydrogen-bond acceptors (Lipinski definition) is 6. The van der Waals surface area contributed by atoms with Gasteiger partial charge in [0.15, 0.2) is 0 Å². The van der Waals surface area contributed by atoms with E-state index >= 15 is 0 Å². The Morgan fingerprint density at radius 3 is 2.38 bits per heavy atom. The fraction of sp³-hybridized carbons (Fsp3) is 0.481. The number of hydrogen-bond donors (Lipinski definition) is 1. The molecule has 6 rings (SSSR count). The third kappa shape index (κ3) is 5.83. The van der Waals surface area contributed by atoms with Gasteiger partial charge in [-0.15, -0.1) is 0 Å². The summed E-state index contributed by atoms with van der Waals surface area (Å²) in [6.07, 6.45) is 4.13. The van der Waals surface area contributed by atoms with Crippen molar-refractivity contribution in [2.45, 2.75) is 69.1 Å². The molecule has 1 aliphatic heterocycles. The SMILES string of the molecule is O=C(OC1CC1)N1CCCc2cc(C3(C(=O)Nc4ccc(Cl)nc4)CC4(CC4)C3)ccc21.O=C([O-])C(F)(F)F. The minimum atomic E-state index is -5.19. The maximum atomic E-state index is 13.5. The van der Waals surface area contributed by atoms with Crippen molar-refractivity contribution >= 4 is 40.9 Å². The topological polar surface area (TPSA) is 112 Å². The van der Waals surface area contributed by atoms with Crippen LogP contribution in [0.1, 0.15) is 56.1 Å². The first-order valence-electron chi connectivity index (χ1n) is 12.7. The predicted octanol–water partition coefficient (Wildman–Crippen LogP) is 4.54. The first-order chi connectivity index (χ1) is 18.4. The molecule has 1 spiro atoms. The van der Waals surface area contributed by atoms with Crippen molar-refractivity contribution in [1.29, 1.82) is 0 Å². The molecule has 1 N–H and O–H groups in total. The molecule has 0 saturated heterocycles. The van der Waals surface area contributed by atoms with Gasteiger partial charge in [-0.1, -0.05) is 23.7 Å². The van der Waals surface area contributed by atoms with Crippen molar-refractivity contribution < 1.29 is 37.4 Å². The number of carbonyl (C=O) groups excluding carboxylic acids is 3. The van der Waals surface area contributed by atoms with Gasteiger partial charge in [-0.05, 0) is 86.1 Å². The van der Waals surface area contributed by atoms with Gasteiger partial charge in [-0.25, -0.2) is 9.78 Å². The van der Waals surface area contributed by atoms with E-state index in [2.05, 4.69) is 16.4 Å². The van der Waals surface area contributed by atoms with Crippen LogP contribution in [0.5, 0.6) is 0 Å². The number of amides is 2. The number of benzene rings is 1. The number of carbonyl (C=O) groups is 3. The molecule has 3 aliphatic carbocycles. The van der Waals surface area contributed by atoms with Gasteiger partial charge in [0, 0.05) is 6.54 Å². The van der Waals surface area contributed by atoms with Crippen LogP contribution in [0.2, 0.25) is 5.15 Å². The second-order valence-electron chi connectivity index (χ2n) is 10.7. The molecular formula is C27H26ClF3N3O5-. The van der Waals surface area contributed by atoms with Crippen molar-refractivity contribution in [2.24, 2.45) is 5.41 Å². The molecule has 0 unspecified atom stereocenters. The second-order valence-corrected chi connectivity index (χ2v) is 11.1. The number of halogens is 4. The quantitative estimate of drug-likeness (QED) is 0.546. The van der Waals surface area contributed by atoms with Crippen molar-refractivity contribution in [1.82, 2.24) is 4.98 Å². The van der Waals surface area contributed by atoms with Crippen LogP contribution < -0.4 is 15.3 Å². The third-order valence-corrected chi connectivity index (χ3v) is 7.95. The Morgan fingerprint density at radius 2 is 1.82 bits per heavy atom. The second kappa shape index (κ2) is 10.0. The maximum absolute atomic E-state index is 13.5. The smallest absolute Gasteiger partial charge is 0.430 e. The molecular weight excluding hydrogens is 539 g/mol. The first-order valence-corrected chi connectivity index (χ1v) is 13.1. The standard InChI is InChI=1S/C25H26ClN3O3.C2HF3O2/c26-21-8-4-18(13-27-21)28-22(30)25(14-24(15-25)9-10-24)17-3-7-20-16(12-17)2-1-11-29(20)23(31)32-19-5-6-19;3-2(4,5)1(6)7/h3-4,7-8,12-13,19H,1-2,5-6,9-11,14-15H2,(H,28,30);(H,6,7)/p-1. The number of nitrogens with one attached hydrogen (secondary N) is 1. The van der Waals surface area contributed by atoms with Gasteiger partial charge in [-0.2, -0.15) is 13.2 Å². The molecule has 3 fully saturated rings. The zero-order chi connectivity index (χ0) is 28.0. The fourth-order valence-electron chi connectivity index (χ4n) is 5.43. The Kier molecular flexibility index (Phi) is 6.98. The summed E-state index contributed by atoms with van der Waals surface area (Å²) in [6.45, 7) is 0.677. The third-order valence-electron chi connectivity index (χ3n) is 7.72. The van der Waals surface area contributed by atoms with Crippen molar-refractivity contribution in [3.8, 4) is 0 Å². The number of carboxylic acids is 1. The van der Waals surface area contributed by atoms with Gasteiger partial charge in [0.1, 0.15) is 17.2 Å². The summed E-state index contributed by atoms with van der Waals surface area (Å²) in [6, 6.07) is 9.66. The Hall–Kier alpha value is -3.34. The lowest BCUT2D eigenvalue weighted by atomic mass is 9.55. The largest absolute Gasteiger partial charge is 0.542 e. The summed E-state index contributed by atoms with van der Waals surface area (Å²) in [4.78, 5) is 40.8. The molecule has 4 aliphatic rings. The summed E-state index contributed by atoms with van der Waals surface area (Å²) in [7, 11) is 0. The molecule has 2 amide bonds. The molecule has 2 heterocycles. The van der Waals surface area contributed by atoms with E-state index in [0.717, 1.165) is 55.3 Å². The Labute approximate surface area is 227 Å². The highest BCUT2D eigenvalue weighted by atomic mass is 35.5. The number of aliphatic carboxylic acids is 1. The van der Waals surface area contributed by atoms with Gasteiger partial charge in [0.2, 0.25) is 5.91 Å². The lowest BCUT2D eigenvalue weighted by molar-refractivity contribution is -0.344. The van der Waals surface area contributed by atoms with Crippen molar-refractivity contribution in [3.05, 3.63) is 52.8 Å². The number of nitrogens with zero attached hydrogens (tertiary/aromatic N) is 2. The summed E-state index contributed by atoms with van der Waals surface area (Å²) in [5, 5.41) is 12.3. The molecule has 1 aromatic carbocycles. The van der Waals surface area contributed by atoms with E-state index in [-0.39, 0.29) is 18.1 Å². The Bertz CT molecular complexity index is 1280. The lowest BCUT2D eigenvalue weighted by Crippen LogP contribution is -2.51. The summed E-state index contributed by atoms with van der Waals surface area (Å²) in [5.41, 5.74) is 3.54. The number of ether oxygens (including phenoxy) is 1. The number of aromatic nitrogens is 1. The average Bonchev–Trinajstić information content (AvgIpc) is 3.79. The summed E-state index contributed by atoms with van der Waals surface area (Å²) in [5.74, 6) is -2.99. The molecule has 0 bridgehead atoms. The fourth-order valence-corrected chi connectivity index (χ4v) is 5.54. The summed E-state index contributed by atoms with van der Waals surface area (Å²) < 4.78 is 37.1. The zero-order valence-corrected chi connectivity index (χ0v) is 21.6. The Morgan fingerprint density at radius 1 is 1.13 bits per heavy atom. The average molecular weight is 565 g/mol. The Balaban J connectivity index is 0.000000392. The summed E-state index contributed by atoms with van der Waals surface area (Å²) >= 11 is 5.89. The van der Waals surface area contributed by atoms with E-state index in [9.17, 15) is 22.8 Å². The van der Waals surface area contributed by atoms with Gasteiger partial charge in [0.05, 0.1) is 23.0 Å². The normalized spacial score (nSPS) is 20.1. The molecule has 208 valence electrons. The highest BCUT2D eigenvalue weighted by molar-refractivity contribution is 6.29. The maximum Gasteiger partial charge on any atom is 0.430 e. The minimum Gasteiger partial charge on any atom is -0.542 e. The molecule has 3 saturated carbocycles. The zero-order valence-electron chi connectivity index (χ0n) is 20.9. The van der Waals surface area contributed by atoms with Crippen molar-refractivity contribution in [2.75, 3.05) is 16.8 Å². The van der Waals surface area contributed by atoms with Crippen LogP contribution in [-0.4, -0.2) is 41.8 Å². The highest BCUT2D eigenvalue weighted by Crippen LogP contribution is 2.69. The number of fused-ring (bicyclic) bond motifs is 1. The van der Waals surface area contributed by atoms with Crippen LogP contribution in [0.15, 0.2) is 36.5 Å². The molecule has 0 atom stereocenters. The van der Waals surface area contributed by atoms with Gasteiger partial charge < -0.3 is 20.0 Å². The molecule has 0 radical (unpaired) electrons. The van der Waals surface area contributed by atoms with Crippen molar-refractivity contribution in [3.63, 3.8) is 0 Å². The van der Waals surface area contributed by atoms with Gasteiger partial charge in [-0.3, -0.25) is 9.69 Å². The molecule has 2 aromatic rings. The van der Waals surface area contributed by atoms with E-state index in [1.165, 1.54) is 12.8 Å². The predicted molar refractivity (Wildman–Crippen MR) is 133 cm³/mol. The van der Waals surface area contributed by atoms with Crippen LogP contribution in [0, 0.1) is 5.41 Å². The molecule has 1 aromatic heterocycles. The molecule has 12 heteroatoms. The number of aryl methyl sites for hydroxylation is 1. The first kappa shape index (κ1) is 27.2. The monoisotopic (exact) mass is 564 g/mol. The molecule has 39 heavy (non-hydrogen) atoms. The van der Waals surface area contributed by atoms with Gasteiger partial charge in [0.25, 0.3) is 0 Å². The lowest BCUT2D eigenvalue weighted by Gasteiger charge is -2.48. The van der Waals surface area contributed by atoms with E-state index in [4.69, 9.17) is 26.2 Å². The molecule has 8 nitrogen and oxygen atoms in total. The van der Waals surface area contributed by atoms with Gasteiger partial charge >= 0.3 is 12.3 Å². The minimum absolute atomic E-state index is 0.0138.